The molecule has 6 nitrogen and oxygen atoms in total. The number of alkyl halides is 1. The minimum absolute atomic E-state index is 0.0200. The lowest BCUT2D eigenvalue weighted by Gasteiger charge is -2.06. The Hall–Kier alpha value is -1.95. The topological polar surface area (TPSA) is 73.8 Å². The van der Waals surface area contributed by atoms with E-state index in [0.717, 1.165) is 5.56 Å². The number of rotatable bonds is 3. The average molecular weight is 267 g/mol. The van der Waals surface area contributed by atoms with Crippen molar-refractivity contribution in [3.63, 3.8) is 0 Å². The zero-order valence-corrected chi connectivity index (χ0v) is 10.7. The predicted octanol–water partition coefficient (Wildman–Crippen LogP) is 2.44. The number of hydrogen-bond donors (Lipinski definition) is 0. The molecule has 7 heteroatoms. The van der Waals surface area contributed by atoms with Gasteiger partial charge in [-0.05, 0) is 12.5 Å². The molecule has 0 amide bonds. The number of halogens is 1. The molecule has 1 aromatic heterocycles. The van der Waals surface area contributed by atoms with Crippen LogP contribution in [0.1, 0.15) is 11.4 Å². The monoisotopic (exact) mass is 266 g/mol. The lowest BCUT2D eigenvalue weighted by Crippen LogP contribution is -2.01. The van der Waals surface area contributed by atoms with Crippen molar-refractivity contribution >= 4 is 17.3 Å². The van der Waals surface area contributed by atoms with E-state index in [2.05, 4.69) is 10.2 Å². The second-order valence-electron chi connectivity index (χ2n) is 3.86. The Morgan fingerprint density at radius 3 is 2.72 bits per heavy atom. The number of benzene rings is 1. The maximum atomic E-state index is 11.1. The van der Waals surface area contributed by atoms with Gasteiger partial charge >= 0.3 is 0 Å². The molecular weight excluding hydrogens is 256 g/mol. The second-order valence-corrected chi connectivity index (χ2v) is 4.13. The number of aryl methyl sites for hydroxylation is 1. The van der Waals surface area contributed by atoms with Gasteiger partial charge in [-0.1, -0.05) is 12.1 Å². The highest BCUT2D eigenvalue weighted by atomic mass is 35.5. The Bertz CT molecular complexity index is 609. The predicted molar refractivity (Wildman–Crippen MR) is 67.4 cm³/mol. The fourth-order valence-electron chi connectivity index (χ4n) is 1.79. The summed E-state index contributed by atoms with van der Waals surface area (Å²) >= 11 is 5.72. The smallest absolute Gasteiger partial charge is 0.280 e. The van der Waals surface area contributed by atoms with Gasteiger partial charge in [0.15, 0.2) is 5.82 Å². The standard InChI is InChI=1S/C11H11ClN4O2/c1-7-4-3-5-8(16(17)18)10(7)11-14-13-9(6-12)15(11)2/h3-5H,6H2,1-2H3. The molecule has 0 aliphatic carbocycles. The van der Waals surface area contributed by atoms with E-state index in [1.807, 2.05) is 0 Å². The Balaban J connectivity index is 2.70. The summed E-state index contributed by atoms with van der Waals surface area (Å²) in [5.41, 5.74) is 1.28. The van der Waals surface area contributed by atoms with Crippen molar-refractivity contribution < 1.29 is 4.92 Å². The van der Waals surface area contributed by atoms with E-state index in [1.165, 1.54) is 6.07 Å². The summed E-state index contributed by atoms with van der Waals surface area (Å²) in [6, 6.07) is 4.91. The van der Waals surface area contributed by atoms with Crippen LogP contribution in [0.3, 0.4) is 0 Å². The van der Waals surface area contributed by atoms with E-state index in [9.17, 15) is 10.1 Å². The van der Waals surface area contributed by atoms with Gasteiger partial charge in [0.2, 0.25) is 0 Å². The van der Waals surface area contributed by atoms with E-state index < -0.39 is 4.92 Å². The third kappa shape index (κ3) is 1.95. The van der Waals surface area contributed by atoms with Gasteiger partial charge in [0.1, 0.15) is 5.82 Å². The molecular formula is C11H11ClN4O2. The second kappa shape index (κ2) is 4.73. The Morgan fingerprint density at radius 2 is 2.17 bits per heavy atom. The highest BCUT2D eigenvalue weighted by Crippen LogP contribution is 2.31. The number of aromatic nitrogens is 3. The number of nitro groups is 1. The fraction of sp³-hybridized carbons (Fsp3) is 0.273. The molecule has 0 spiro atoms. The molecule has 0 aliphatic rings. The molecule has 0 radical (unpaired) electrons. The van der Waals surface area contributed by atoms with Crippen LogP contribution >= 0.6 is 11.6 Å². The molecule has 2 aromatic rings. The Morgan fingerprint density at radius 1 is 1.44 bits per heavy atom. The first kappa shape index (κ1) is 12.5. The third-order valence-electron chi connectivity index (χ3n) is 2.76. The summed E-state index contributed by atoms with van der Waals surface area (Å²) in [4.78, 5) is 10.6. The van der Waals surface area contributed by atoms with Gasteiger partial charge in [-0.25, -0.2) is 0 Å². The van der Waals surface area contributed by atoms with Crippen LogP contribution in [0.25, 0.3) is 11.4 Å². The molecule has 94 valence electrons. The van der Waals surface area contributed by atoms with Gasteiger partial charge in [0.25, 0.3) is 5.69 Å². The van der Waals surface area contributed by atoms with Crippen LogP contribution in [0.15, 0.2) is 18.2 Å². The highest BCUT2D eigenvalue weighted by Gasteiger charge is 2.22. The summed E-state index contributed by atoms with van der Waals surface area (Å²) < 4.78 is 1.67. The Labute approximate surface area is 108 Å². The van der Waals surface area contributed by atoms with Gasteiger partial charge < -0.3 is 4.57 Å². The van der Waals surface area contributed by atoms with Gasteiger partial charge in [-0.15, -0.1) is 21.8 Å². The van der Waals surface area contributed by atoms with Gasteiger partial charge in [-0.2, -0.15) is 0 Å². The first-order chi connectivity index (χ1) is 8.56. The van der Waals surface area contributed by atoms with Crippen molar-refractivity contribution in [2.24, 2.45) is 7.05 Å². The first-order valence-electron chi connectivity index (χ1n) is 5.25. The summed E-state index contributed by atoms with van der Waals surface area (Å²) in [6.07, 6.45) is 0. The maximum Gasteiger partial charge on any atom is 0.280 e. The molecule has 0 saturated carbocycles. The lowest BCUT2D eigenvalue weighted by molar-refractivity contribution is -0.384. The van der Waals surface area contributed by atoms with Crippen molar-refractivity contribution in [1.82, 2.24) is 14.8 Å². The van der Waals surface area contributed by atoms with E-state index in [-0.39, 0.29) is 11.6 Å². The van der Waals surface area contributed by atoms with Gasteiger partial charge in [0, 0.05) is 13.1 Å². The van der Waals surface area contributed by atoms with E-state index in [4.69, 9.17) is 11.6 Å². The molecule has 1 heterocycles. The van der Waals surface area contributed by atoms with E-state index in [0.29, 0.717) is 17.2 Å². The fourth-order valence-corrected chi connectivity index (χ4v) is 2.02. The lowest BCUT2D eigenvalue weighted by atomic mass is 10.1. The maximum absolute atomic E-state index is 11.1. The minimum Gasteiger partial charge on any atom is -0.313 e. The number of nitro benzene ring substituents is 1. The molecule has 0 bridgehead atoms. The summed E-state index contributed by atoms with van der Waals surface area (Å²) in [5.74, 6) is 1.24. The van der Waals surface area contributed by atoms with E-state index in [1.54, 1.807) is 30.7 Å². The molecule has 0 atom stereocenters. The van der Waals surface area contributed by atoms with Crippen LogP contribution in [0.5, 0.6) is 0 Å². The molecule has 0 aliphatic heterocycles. The zero-order valence-electron chi connectivity index (χ0n) is 9.92. The van der Waals surface area contributed by atoms with Crippen LogP contribution in [0.2, 0.25) is 0 Å². The van der Waals surface area contributed by atoms with Crippen LogP contribution in [-0.2, 0) is 12.9 Å². The van der Waals surface area contributed by atoms with Crippen molar-refractivity contribution in [1.29, 1.82) is 0 Å². The van der Waals surface area contributed by atoms with Gasteiger partial charge in [-0.3, -0.25) is 10.1 Å². The zero-order chi connectivity index (χ0) is 13.3. The summed E-state index contributed by atoms with van der Waals surface area (Å²) in [6.45, 7) is 1.80. The molecule has 0 saturated heterocycles. The van der Waals surface area contributed by atoms with Crippen LogP contribution in [-0.4, -0.2) is 19.7 Å². The normalized spacial score (nSPS) is 10.6. The van der Waals surface area contributed by atoms with Crippen LogP contribution in [0, 0.1) is 17.0 Å². The van der Waals surface area contributed by atoms with Crippen molar-refractivity contribution in [2.45, 2.75) is 12.8 Å². The van der Waals surface area contributed by atoms with Crippen molar-refractivity contribution in [3.8, 4) is 11.4 Å². The molecule has 2 rings (SSSR count). The largest absolute Gasteiger partial charge is 0.313 e. The SMILES string of the molecule is Cc1cccc([N+](=O)[O-])c1-c1nnc(CCl)n1C. The molecule has 0 N–H and O–H groups in total. The number of nitrogens with zero attached hydrogens (tertiary/aromatic N) is 4. The summed E-state index contributed by atoms with van der Waals surface area (Å²) in [7, 11) is 1.74. The molecule has 0 fully saturated rings. The van der Waals surface area contributed by atoms with Crippen LogP contribution in [0.4, 0.5) is 5.69 Å². The minimum atomic E-state index is -0.419. The highest BCUT2D eigenvalue weighted by molar-refractivity contribution is 6.16. The van der Waals surface area contributed by atoms with Crippen molar-refractivity contribution in [2.75, 3.05) is 0 Å². The molecule has 18 heavy (non-hydrogen) atoms. The van der Waals surface area contributed by atoms with Gasteiger partial charge in [0.05, 0.1) is 16.4 Å². The molecule has 1 aromatic carbocycles. The van der Waals surface area contributed by atoms with Crippen LogP contribution < -0.4 is 0 Å². The average Bonchev–Trinajstić information content (AvgIpc) is 2.70. The first-order valence-corrected chi connectivity index (χ1v) is 5.78. The third-order valence-corrected chi connectivity index (χ3v) is 2.99. The van der Waals surface area contributed by atoms with Crippen molar-refractivity contribution in [3.05, 3.63) is 39.7 Å². The Kier molecular flexibility index (Phi) is 3.29. The molecule has 0 unspecified atom stereocenters. The quantitative estimate of drug-likeness (QED) is 0.486. The van der Waals surface area contributed by atoms with E-state index >= 15 is 0 Å². The number of hydrogen-bond acceptors (Lipinski definition) is 4. The summed E-state index contributed by atoms with van der Waals surface area (Å²) in [5, 5.41) is 19.0.